The van der Waals surface area contributed by atoms with E-state index in [9.17, 15) is 0 Å². The highest BCUT2D eigenvalue weighted by molar-refractivity contribution is 6.07. The molecule has 1 fully saturated rings. The molecule has 3 N–H and O–H groups in total. The summed E-state index contributed by atoms with van der Waals surface area (Å²) in [4.78, 5) is 9.60. The van der Waals surface area contributed by atoms with E-state index in [1.54, 1.807) is 0 Å². The molecule has 3 aromatic rings. The minimum absolute atomic E-state index is 0.222. The smallest absolute Gasteiger partial charge is 0.147 e. The average Bonchev–Trinajstić information content (AvgIpc) is 3.11. The zero-order valence-corrected chi connectivity index (χ0v) is 17.4. The van der Waals surface area contributed by atoms with Gasteiger partial charge in [0.15, 0.2) is 0 Å². The fraction of sp³-hybridized carbons (Fsp3) is 0.500. The van der Waals surface area contributed by atoms with Gasteiger partial charge in [-0.25, -0.2) is 4.98 Å². The van der Waals surface area contributed by atoms with Crippen molar-refractivity contribution in [3.63, 3.8) is 0 Å². The summed E-state index contributed by atoms with van der Waals surface area (Å²) in [5, 5.41) is 5.23. The number of furan rings is 1. The van der Waals surface area contributed by atoms with Crippen LogP contribution in [0.1, 0.15) is 33.5 Å². The fourth-order valence-electron chi connectivity index (χ4n) is 3.99. The molecule has 6 heteroatoms. The maximum Gasteiger partial charge on any atom is 0.147 e. The molecule has 0 unspecified atom stereocenters. The molecule has 0 spiro atoms. The van der Waals surface area contributed by atoms with E-state index in [-0.39, 0.29) is 5.54 Å². The van der Waals surface area contributed by atoms with Crippen molar-refractivity contribution in [2.75, 3.05) is 43.4 Å². The summed E-state index contributed by atoms with van der Waals surface area (Å²) in [6, 6.07) is 8.42. The highest BCUT2D eigenvalue weighted by atomic mass is 16.3. The van der Waals surface area contributed by atoms with Gasteiger partial charge in [0.1, 0.15) is 17.2 Å². The van der Waals surface area contributed by atoms with Crippen LogP contribution < -0.4 is 16.0 Å². The Kier molecular flexibility index (Phi) is 4.93. The van der Waals surface area contributed by atoms with Crippen LogP contribution >= 0.6 is 0 Å². The number of nitrogen functional groups attached to an aromatic ring is 1. The third-order valence-electron chi connectivity index (χ3n) is 5.67. The van der Waals surface area contributed by atoms with Gasteiger partial charge in [-0.05, 0) is 51.6 Å². The maximum atomic E-state index is 6.19. The Morgan fingerprint density at radius 3 is 2.54 bits per heavy atom. The summed E-state index contributed by atoms with van der Waals surface area (Å²) in [5.74, 6) is 1.42. The molecule has 28 heavy (non-hydrogen) atoms. The number of piperazine rings is 1. The standard InChI is InChI=1S/C22H31N5O/c1-5-24-14-16-13-18-20(28-16)17-12-15(6-7-19(17)25-21(18)23)26-8-10-27(11-9-26)22(2,3)4/h6-7,12-13,24H,5,8-11,14H2,1-4H3,(H2,23,25). The first-order valence-electron chi connectivity index (χ1n) is 10.2. The first-order chi connectivity index (χ1) is 13.4. The van der Waals surface area contributed by atoms with Crippen molar-refractivity contribution in [3.05, 3.63) is 30.0 Å². The first kappa shape index (κ1) is 19.0. The lowest BCUT2D eigenvalue weighted by Crippen LogP contribution is -2.53. The third-order valence-corrected chi connectivity index (χ3v) is 5.67. The van der Waals surface area contributed by atoms with Gasteiger partial charge in [-0.1, -0.05) is 6.92 Å². The molecule has 0 radical (unpaired) electrons. The lowest BCUT2D eigenvalue weighted by atomic mass is 10.0. The molecule has 1 aliphatic rings. The number of anilines is 2. The molecule has 0 atom stereocenters. The second kappa shape index (κ2) is 7.26. The van der Waals surface area contributed by atoms with Gasteiger partial charge in [0.25, 0.3) is 0 Å². The van der Waals surface area contributed by atoms with Crippen LogP contribution in [0.3, 0.4) is 0 Å². The Labute approximate surface area is 166 Å². The molecule has 1 aromatic carbocycles. The average molecular weight is 382 g/mol. The molecule has 3 heterocycles. The Morgan fingerprint density at radius 2 is 1.86 bits per heavy atom. The number of aromatic nitrogens is 1. The Balaban J connectivity index is 1.67. The normalized spacial score (nSPS) is 16.4. The fourth-order valence-corrected chi connectivity index (χ4v) is 3.99. The van der Waals surface area contributed by atoms with Crippen LogP contribution in [-0.4, -0.2) is 48.1 Å². The lowest BCUT2D eigenvalue weighted by molar-refractivity contribution is 0.128. The summed E-state index contributed by atoms with van der Waals surface area (Å²) in [6.07, 6.45) is 0. The van der Waals surface area contributed by atoms with Gasteiger partial charge < -0.3 is 20.4 Å². The van der Waals surface area contributed by atoms with Crippen molar-refractivity contribution in [2.24, 2.45) is 0 Å². The number of hydrogen-bond donors (Lipinski definition) is 2. The molecular weight excluding hydrogens is 350 g/mol. The summed E-state index contributed by atoms with van der Waals surface area (Å²) < 4.78 is 6.16. The molecular formula is C22H31N5O. The molecule has 0 bridgehead atoms. The minimum atomic E-state index is 0.222. The minimum Gasteiger partial charge on any atom is -0.459 e. The van der Waals surface area contributed by atoms with Crippen LogP contribution in [0, 0.1) is 0 Å². The molecule has 2 aromatic heterocycles. The molecule has 1 saturated heterocycles. The molecule has 6 nitrogen and oxygen atoms in total. The largest absolute Gasteiger partial charge is 0.459 e. The second-order valence-electron chi connectivity index (χ2n) is 8.58. The zero-order valence-electron chi connectivity index (χ0n) is 17.4. The summed E-state index contributed by atoms with van der Waals surface area (Å²) in [5.41, 5.74) is 9.36. The first-order valence-corrected chi connectivity index (χ1v) is 10.2. The van der Waals surface area contributed by atoms with Crippen molar-refractivity contribution >= 4 is 33.4 Å². The molecule has 0 saturated carbocycles. The highest BCUT2D eigenvalue weighted by Gasteiger charge is 2.26. The van der Waals surface area contributed by atoms with Gasteiger partial charge in [0.2, 0.25) is 0 Å². The monoisotopic (exact) mass is 381 g/mol. The van der Waals surface area contributed by atoms with Crippen LogP contribution in [0.25, 0.3) is 21.9 Å². The van der Waals surface area contributed by atoms with E-state index in [2.05, 4.69) is 66.0 Å². The lowest BCUT2D eigenvalue weighted by Gasteiger charge is -2.43. The van der Waals surface area contributed by atoms with Gasteiger partial charge in [-0.15, -0.1) is 0 Å². The predicted octanol–water partition coefficient (Wildman–Crippen LogP) is 3.59. The molecule has 150 valence electrons. The van der Waals surface area contributed by atoms with Crippen LogP contribution in [0.15, 0.2) is 28.7 Å². The quantitative estimate of drug-likeness (QED) is 0.720. The van der Waals surface area contributed by atoms with Gasteiger partial charge in [0.05, 0.1) is 17.4 Å². The Hall–Kier alpha value is -2.31. The Morgan fingerprint density at radius 1 is 1.11 bits per heavy atom. The predicted molar refractivity (Wildman–Crippen MR) is 117 cm³/mol. The van der Waals surface area contributed by atoms with E-state index < -0.39 is 0 Å². The number of nitrogens with two attached hydrogens (primary N) is 1. The molecule has 0 aliphatic carbocycles. The van der Waals surface area contributed by atoms with E-state index in [1.165, 1.54) is 5.69 Å². The number of nitrogens with zero attached hydrogens (tertiary/aromatic N) is 3. The Bertz CT molecular complexity index is 980. The van der Waals surface area contributed by atoms with Crippen molar-refractivity contribution in [1.82, 2.24) is 15.2 Å². The number of benzene rings is 1. The van der Waals surface area contributed by atoms with E-state index >= 15 is 0 Å². The maximum absolute atomic E-state index is 6.19. The number of nitrogens with one attached hydrogen (secondary N) is 1. The summed E-state index contributed by atoms with van der Waals surface area (Å²) in [6.45, 7) is 14.7. The van der Waals surface area contributed by atoms with Crippen molar-refractivity contribution in [2.45, 2.75) is 39.8 Å². The topological polar surface area (TPSA) is 70.6 Å². The summed E-state index contributed by atoms with van der Waals surface area (Å²) >= 11 is 0. The van der Waals surface area contributed by atoms with Crippen molar-refractivity contribution in [3.8, 4) is 0 Å². The van der Waals surface area contributed by atoms with Crippen LogP contribution in [0.5, 0.6) is 0 Å². The number of pyridine rings is 1. The third kappa shape index (κ3) is 3.54. The SMILES string of the molecule is CCNCc1cc2c(N)nc3ccc(N4CCN(C(C)(C)C)CC4)cc3c2o1. The zero-order chi connectivity index (χ0) is 19.9. The summed E-state index contributed by atoms with van der Waals surface area (Å²) in [7, 11) is 0. The van der Waals surface area contributed by atoms with Gasteiger partial charge in [-0.2, -0.15) is 0 Å². The van der Waals surface area contributed by atoms with Gasteiger partial charge in [-0.3, -0.25) is 4.90 Å². The number of rotatable bonds is 4. The molecule has 4 rings (SSSR count). The van der Waals surface area contributed by atoms with Gasteiger partial charge >= 0.3 is 0 Å². The molecule has 0 amide bonds. The van der Waals surface area contributed by atoms with E-state index in [1.807, 2.05) is 6.07 Å². The van der Waals surface area contributed by atoms with Crippen LogP contribution in [-0.2, 0) is 6.54 Å². The van der Waals surface area contributed by atoms with Crippen molar-refractivity contribution in [1.29, 1.82) is 0 Å². The number of fused-ring (bicyclic) bond motifs is 3. The van der Waals surface area contributed by atoms with Crippen molar-refractivity contribution < 1.29 is 4.42 Å². The van der Waals surface area contributed by atoms with E-state index in [4.69, 9.17) is 10.2 Å². The molecule has 1 aliphatic heterocycles. The highest BCUT2D eigenvalue weighted by Crippen LogP contribution is 2.33. The van der Waals surface area contributed by atoms with E-state index in [0.29, 0.717) is 12.4 Å². The second-order valence-corrected chi connectivity index (χ2v) is 8.58. The number of hydrogen-bond acceptors (Lipinski definition) is 6. The van der Waals surface area contributed by atoms with Gasteiger partial charge in [0, 0.05) is 42.8 Å². The van der Waals surface area contributed by atoms with Crippen LogP contribution in [0.4, 0.5) is 11.5 Å². The van der Waals surface area contributed by atoms with Crippen LogP contribution in [0.2, 0.25) is 0 Å². The van der Waals surface area contributed by atoms with E-state index in [0.717, 1.165) is 60.4 Å².